The van der Waals surface area contributed by atoms with E-state index in [1.54, 1.807) is 27.1 Å². The fourth-order valence-corrected chi connectivity index (χ4v) is 3.32. The molecule has 0 spiro atoms. The lowest BCUT2D eigenvalue weighted by Crippen LogP contribution is -2.39. The van der Waals surface area contributed by atoms with Gasteiger partial charge in [0.05, 0.1) is 11.3 Å². The summed E-state index contributed by atoms with van der Waals surface area (Å²) in [4.78, 5) is 19.4. The number of nitrogen functional groups attached to an aromatic ring is 1. The highest BCUT2D eigenvalue weighted by molar-refractivity contribution is 7.21. The van der Waals surface area contributed by atoms with Gasteiger partial charge in [-0.15, -0.1) is 11.3 Å². The number of aryl methyl sites for hydroxylation is 1. The predicted molar refractivity (Wildman–Crippen MR) is 82.0 cm³/mol. The number of carbonyl (C=O) groups is 1. The van der Waals surface area contributed by atoms with Gasteiger partial charge in [0.2, 0.25) is 0 Å². The van der Waals surface area contributed by atoms with Crippen LogP contribution in [0.2, 0.25) is 0 Å². The van der Waals surface area contributed by atoms with Crippen LogP contribution in [0.25, 0.3) is 10.2 Å². The van der Waals surface area contributed by atoms with Crippen LogP contribution < -0.4 is 5.73 Å². The number of hydrogen-bond acceptors (Lipinski definition) is 5. The number of aromatic nitrogens is 1. The van der Waals surface area contributed by atoms with Gasteiger partial charge in [-0.2, -0.15) is 0 Å². The van der Waals surface area contributed by atoms with Gasteiger partial charge in [-0.25, -0.2) is 4.98 Å². The van der Waals surface area contributed by atoms with E-state index in [4.69, 9.17) is 5.73 Å². The number of rotatable bonds is 3. The summed E-state index contributed by atoms with van der Waals surface area (Å²) < 4.78 is 0. The average molecular weight is 293 g/mol. The normalized spacial score (nSPS) is 11.8. The van der Waals surface area contributed by atoms with Gasteiger partial charge in [0.15, 0.2) is 0 Å². The summed E-state index contributed by atoms with van der Waals surface area (Å²) in [5.41, 5.74) is 6.64. The molecule has 0 saturated heterocycles. The van der Waals surface area contributed by atoms with Crippen LogP contribution >= 0.6 is 11.3 Å². The Labute approximate surface area is 122 Å². The number of pyridine rings is 1. The van der Waals surface area contributed by atoms with Crippen molar-refractivity contribution in [2.45, 2.75) is 26.4 Å². The molecule has 20 heavy (non-hydrogen) atoms. The lowest BCUT2D eigenvalue weighted by atomic mass is 10.1. The topological polar surface area (TPSA) is 79.5 Å². The third-order valence-corrected chi connectivity index (χ3v) is 4.10. The number of anilines is 1. The molecule has 2 heterocycles. The molecule has 2 rings (SSSR count). The van der Waals surface area contributed by atoms with E-state index in [9.17, 15) is 9.90 Å². The fourth-order valence-electron chi connectivity index (χ4n) is 2.19. The molecular weight excluding hydrogens is 274 g/mol. The van der Waals surface area contributed by atoms with E-state index in [1.807, 2.05) is 13.0 Å². The average Bonchev–Trinajstić information content (AvgIpc) is 2.65. The van der Waals surface area contributed by atoms with Gasteiger partial charge in [0.25, 0.3) is 5.91 Å². The van der Waals surface area contributed by atoms with E-state index < -0.39 is 5.60 Å². The second kappa shape index (κ2) is 5.03. The molecule has 0 aromatic carbocycles. The van der Waals surface area contributed by atoms with Gasteiger partial charge < -0.3 is 15.7 Å². The molecule has 2 aromatic heterocycles. The van der Waals surface area contributed by atoms with Crippen LogP contribution in [-0.4, -0.2) is 40.1 Å². The molecule has 0 atom stereocenters. The molecule has 0 bridgehead atoms. The van der Waals surface area contributed by atoms with Crippen molar-refractivity contribution in [3.8, 4) is 0 Å². The molecule has 108 valence electrons. The standard InChI is InChI=1S/C14H19N3O2S/c1-8-5-6-16-12-9(8)10(15)11(20-12)13(18)17(4)7-14(2,3)19/h5-6,19H,7,15H2,1-4H3. The summed E-state index contributed by atoms with van der Waals surface area (Å²) in [6.45, 7) is 5.52. The molecule has 0 aliphatic carbocycles. The molecule has 0 saturated carbocycles. The molecule has 2 aromatic rings. The Hall–Kier alpha value is -1.66. The maximum absolute atomic E-state index is 12.4. The molecule has 3 N–H and O–H groups in total. The number of carbonyl (C=O) groups excluding carboxylic acids is 1. The van der Waals surface area contributed by atoms with Crippen molar-refractivity contribution in [3.63, 3.8) is 0 Å². The second-order valence-corrected chi connectivity index (χ2v) is 6.63. The second-order valence-electron chi connectivity index (χ2n) is 5.63. The minimum absolute atomic E-state index is 0.188. The first-order valence-corrected chi connectivity index (χ1v) is 7.14. The molecule has 0 unspecified atom stereocenters. The number of hydrogen-bond donors (Lipinski definition) is 2. The molecule has 1 amide bonds. The molecular formula is C14H19N3O2S. The molecule has 0 aliphatic heterocycles. The summed E-state index contributed by atoms with van der Waals surface area (Å²) in [5, 5.41) is 10.6. The van der Waals surface area contributed by atoms with Crippen LogP contribution in [0.4, 0.5) is 5.69 Å². The zero-order valence-electron chi connectivity index (χ0n) is 12.1. The van der Waals surface area contributed by atoms with Crippen LogP contribution in [0.5, 0.6) is 0 Å². The number of thiophene rings is 1. The first-order valence-electron chi connectivity index (χ1n) is 6.32. The number of nitrogens with two attached hydrogens (primary N) is 1. The van der Waals surface area contributed by atoms with Gasteiger partial charge in [0.1, 0.15) is 9.71 Å². The third-order valence-electron chi connectivity index (χ3n) is 3.00. The first kappa shape index (κ1) is 14.7. The highest BCUT2D eigenvalue weighted by atomic mass is 32.1. The SMILES string of the molecule is Cc1ccnc2sc(C(=O)N(C)CC(C)(C)O)c(N)c12. The van der Waals surface area contributed by atoms with Crippen LogP contribution in [0, 0.1) is 6.92 Å². The Morgan fingerprint density at radius 1 is 1.55 bits per heavy atom. The Bertz CT molecular complexity index is 658. The number of fused-ring (bicyclic) bond motifs is 1. The zero-order chi connectivity index (χ0) is 15.1. The molecule has 5 nitrogen and oxygen atoms in total. The van der Waals surface area contributed by atoms with E-state index in [0.717, 1.165) is 15.8 Å². The zero-order valence-corrected chi connectivity index (χ0v) is 12.9. The van der Waals surface area contributed by atoms with E-state index in [2.05, 4.69) is 4.98 Å². The van der Waals surface area contributed by atoms with Crippen LogP contribution in [0.1, 0.15) is 29.1 Å². The van der Waals surface area contributed by atoms with E-state index in [-0.39, 0.29) is 12.5 Å². The fraction of sp³-hybridized carbons (Fsp3) is 0.429. The molecule has 0 fully saturated rings. The highest BCUT2D eigenvalue weighted by Gasteiger charge is 2.24. The van der Waals surface area contributed by atoms with E-state index in [1.165, 1.54) is 16.2 Å². The smallest absolute Gasteiger partial charge is 0.265 e. The number of amides is 1. The van der Waals surface area contributed by atoms with Crippen molar-refractivity contribution in [2.75, 3.05) is 19.3 Å². The van der Waals surface area contributed by atoms with E-state index >= 15 is 0 Å². The summed E-state index contributed by atoms with van der Waals surface area (Å²) in [6.07, 6.45) is 1.71. The minimum atomic E-state index is -0.940. The Balaban J connectivity index is 2.41. The van der Waals surface area contributed by atoms with Crippen molar-refractivity contribution < 1.29 is 9.90 Å². The number of likely N-dealkylation sites (N-methyl/N-ethyl adjacent to an activating group) is 1. The summed E-state index contributed by atoms with van der Waals surface area (Å²) >= 11 is 1.29. The predicted octanol–water partition coefficient (Wildman–Crippen LogP) is 2.03. The molecule has 0 radical (unpaired) electrons. The third kappa shape index (κ3) is 2.76. The maximum atomic E-state index is 12.4. The lowest BCUT2D eigenvalue weighted by molar-refractivity contribution is 0.0371. The highest BCUT2D eigenvalue weighted by Crippen LogP contribution is 2.34. The molecule has 6 heteroatoms. The van der Waals surface area contributed by atoms with E-state index in [0.29, 0.717) is 10.6 Å². The van der Waals surface area contributed by atoms with Gasteiger partial charge in [-0.1, -0.05) is 0 Å². The van der Waals surface area contributed by atoms with Gasteiger partial charge >= 0.3 is 0 Å². The Kier molecular flexibility index (Phi) is 3.71. The lowest BCUT2D eigenvalue weighted by Gasteiger charge is -2.25. The quantitative estimate of drug-likeness (QED) is 0.907. The Morgan fingerprint density at radius 3 is 2.75 bits per heavy atom. The maximum Gasteiger partial charge on any atom is 0.265 e. The summed E-state index contributed by atoms with van der Waals surface area (Å²) in [5.74, 6) is -0.188. The minimum Gasteiger partial charge on any atom is -0.397 e. The van der Waals surface area contributed by atoms with Crippen molar-refractivity contribution in [2.24, 2.45) is 0 Å². The van der Waals surface area contributed by atoms with Crippen molar-refractivity contribution >= 4 is 33.1 Å². The number of aliphatic hydroxyl groups is 1. The van der Waals surface area contributed by atoms with Gasteiger partial charge in [-0.3, -0.25) is 4.79 Å². The van der Waals surface area contributed by atoms with Crippen LogP contribution in [0.15, 0.2) is 12.3 Å². The summed E-state index contributed by atoms with van der Waals surface area (Å²) in [6, 6.07) is 1.88. The van der Waals surface area contributed by atoms with Gasteiger partial charge in [0, 0.05) is 25.2 Å². The van der Waals surface area contributed by atoms with Crippen LogP contribution in [-0.2, 0) is 0 Å². The Morgan fingerprint density at radius 2 is 2.20 bits per heavy atom. The number of nitrogens with zero attached hydrogens (tertiary/aromatic N) is 2. The van der Waals surface area contributed by atoms with Crippen molar-refractivity contribution in [1.29, 1.82) is 0 Å². The molecule has 0 aliphatic rings. The summed E-state index contributed by atoms with van der Waals surface area (Å²) in [7, 11) is 1.66. The van der Waals surface area contributed by atoms with Crippen molar-refractivity contribution in [1.82, 2.24) is 9.88 Å². The largest absolute Gasteiger partial charge is 0.397 e. The van der Waals surface area contributed by atoms with Crippen molar-refractivity contribution in [3.05, 3.63) is 22.7 Å². The monoisotopic (exact) mass is 293 g/mol. The first-order chi connectivity index (χ1) is 9.20. The van der Waals surface area contributed by atoms with Crippen LogP contribution in [0.3, 0.4) is 0 Å². The van der Waals surface area contributed by atoms with Gasteiger partial charge in [-0.05, 0) is 32.4 Å².